The van der Waals surface area contributed by atoms with Gasteiger partial charge < -0.3 is 5.73 Å². The van der Waals surface area contributed by atoms with Gasteiger partial charge in [0.05, 0.1) is 5.75 Å². The van der Waals surface area contributed by atoms with Crippen LogP contribution in [-0.4, -0.2) is 26.5 Å². The van der Waals surface area contributed by atoms with Gasteiger partial charge in [0.25, 0.3) is 0 Å². The van der Waals surface area contributed by atoms with Gasteiger partial charge in [0.2, 0.25) is 10.0 Å². The number of anilines is 1. The molecular formula is C14H24N2O2S2. The summed E-state index contributed by atoms with van der Waals surface area (Å²) in [6.07, 6.45) is 0. The maximum Gasteiger partial charge on any atom is 0.212 e. The first-order valence-electron chi connectivity index (χ1n) is 6.76. The summed E-state index contributed by atoms with van der Waals surface area (Å²) < 4.78 is 26.4. The molecule has 0 radical (unpaired) electrons. The molecule has 0 saturated carbocycles. The molecule has 0 bridgehead atoms. The molecule has 1 atom stereocenters. The van der Waals surface area contributed by atoms with E-state index in [2.05, 4.69) is 18.6 Å². The van der Waals surface area contributed by atoms with Crippen LogP contribution in [-0.2, 0) is 10.0 Å². The molecule has 0 aliphatic rings. The summed E-state index contributed by atoms with van der Waals surface area (Å²) in [6, 6.07) is 7.49. The first-order chi connectivity index (χ1) is 9.32. The number of benzene rings is 1. The smallest absolute Gasteiger partial charge is 0.212 e. The highest BCUT2D eigenvalue weighted by Crippen LogP contribution is 2.24. The van der Waals surface area contributed by atoms with Gasteiger partial charge in [-0.25, -0.2) is 13.1 Å². The zero-order chi connectivity index (χ0) is 15.2. The molecule has 20 heavy (non-hydrogen) atoms. The molecule has 3 N–H and O–H groups in total. The fourth-order valence-electron chi connectivity index (χ4n) is 1.44. The van der Waals surface area contributed by atoms with Gasteiger partial charge in [0, 0.05) is 22.9 Å². The van der Waals surface area contributed by atoms with Crippen molar-refractivity contribution in [2.45, 2.75) is 25.7 Å². The van der Waals surface area contributed by atoms with E-state index < -0.39 is 10.0 Å². The van der Waals surface area contributed by atoms with E-state index in [0.29, 0.717) is 29.8 Å². The summed E-state index contributed by atoms with van der Waals surface area (Å²) >= 11 is 1.47. The summed E-state index contributed by atoms with van der Waals surface area (Å²) in [4.78, 5) is 0.929. The number of thioether (sulfide) groups is 1. The Morgan fingerprint density at radius 3 is 2.50 bits per heavy atom. The van der Waals surface area contributed by atoms with Crippen molar-refractivity contribution in [1.29, 1.82) is 0 Å². The van der Waals surface area contributed by atoms with Crippen molar-refractivity contribution in [3.8, 4) is 0 Å². The molecule has 1 rings (SSSR count). The second kappa shape index (κ2) is 7.90. The summed E-state index contributed by atoms with van der Waals surface area (Å²) in [7, 11) is -3.20. The van der Waals surface area contributed by atoms with Crippen LogP contribution in [0.5, 0.6) is 0 Å². The van der Waals surface area contributed by atoms with Crippen molar-refractivity contribution in [2.75, 3.05) is 23.8 Å². The van der Waals surface area contributed by atoms with Gasteiger partial charge in [0.1, 0.15) is 0 Å². The molecule has 0 amide bonds. The van der Waals surface area contributed by atoms with Gasteiger partial charge in [-0.05, 0) is 24.0 Å². The Morgan fingerprint density at radius 2 is 1.90 bits per heavy atom. The van der Waals surface area contributed by atoms with Gasteiger partial charge >= 0.3 is 0 Å². The van der Waals surface area contributed by atoms with Gasteiger partial charge in [0.15, 0.2) is 0 Å². The van der Waals surface area contributed by atoms with Crippen LogP contribution in [0, 0.1) is 11.8 Å². The van der Waals surface area contributed by atoms with Crippen LogP contribution in [0.2, 0.25) is 0 Å². The van der Waals surface area contributed by atoms with Crippen LogP contribution >= 0.6 is 11.8 Å². The van der Waals surface area contributed by atoms with Crippen molar-refractivity contribution < 1.29 is 8.42 Å². The highest BCUT2D eigenvalue weighted by molar-refractivity contribution is 8.00. The molecular weight excluding hydrogens is 292 g/mol. The SMILES string of the molecule is CC(C)C(C)CNS(=O)(=O)CCSc1ccccc1N. The summed E-state index contributed by atoms with van der Waals surface area (Å²) in [5, 5.41) is 0. The van der Waals surface area contributed by atoms with Crippen LogP contribution in [0.3, 0.4) is 0 Å². The maximum atomic E-state index is 11.9. The second-order valence-corrected chi connectivity index (χ2v) is 8.34. The fourth-order valence-corrected chi connectivity index (χ4v) is 3.94. The highest BCUT2D eigenvalue weighted by atomic mass is 32.2. The van der Waals surface area contributed by atoms with Crippen LogP contribution in [0.1, 0.15) is 20.8 Å². The van der Waals surface area contributed by atoms with E-state index in [-0.39, 0.29) is 5.75 Å². The largest absolute Gasteiger partial charge is 0.398 e. The molecule has 6 heteroatoms. The molecule has 0 fully saturated rings. The number of nitrogens with one attached hydrogen (secondary N) is 1. The van der Waals surface area contributed by atoms with Crippen molar-refractivity contribution in [1.82, 2.24) is 4.72 Å². The lowest BCUT2D eigenvalue weighted by atomic mass is 9.99. The number of hydrogen-bond donors (Lipinski definition) is 2. The Morgan fingerprint density at radius 1 is 1.25 bits per heavy atom. The van der Waals surface area contributed by atoms with Crippen LogP contribution in [0.15, 0.2) is 29.2 Å². The van der Waals surface area contributed by atoms with Crippen molar-refractivity contribution in [2.24, 2.45) is 11.8 Å². The number of para-hydroxylation sites is 1. The van der Waals surface area contributed by atoms with E-state index in [1.807, 2.05) is 31.2 Å². The van der Waals surface area contributed by atoms with E-state index >= 15 is 0 Å². The fraction of sp³-hybridized carbons (Fsp3) is 0.571. The summed E-state index contributed by atoms with van der Waals surface area (Å²) in [5.41, 5.74) is 6.51. The molecule has 0 aliphatic carbocycles. The Hall–Kier alpha value is -0.720. The topological polar surface area (TPSA) is 72.2 Å². The minimum absolute atomic E-state index is 0.108. The Bertz CT molecular complexity index is 516. The monoisotopic (exact) mass is 316 g/mol. The highest BCUT2D eigenvalue weighted by Gasteiger charge is 2.14. The van der Waals surface area contributed by atoms with Crippen LogP contribution in [0.4, 0.5) is 5.69 Å². The lowest BCUT2D eigenvalue weighted by Crippen LogP contribution is -2.32. The normalized spacial score (nSPS) is 13.6. The average molecular weight is 316 g/mol. The molecule has 1 unspecified atom stereocenters. The van der Waals surface area contributed by atoms with Crippen molar-refractivity contribution in [3.05, 3.63) is 24.3 Å². The number of sulfonamides is 1. The number of hydrogen-bond acceptors (Lipinski definition) is 4. The van der Waals surface area contributed by atoms with Gasteiger partial charge in [-0.15, -0.1) is 11.8 Å². The van der Waals surface area contributed by atoms with Gasteiger partial charge in [-0.2, -0.15) is 0 Å². The molecule has 1 aromatic carbocycles. The lowest BCUT2D eigenvalue weighted by Gasteiger charge is -2.16. The molecule has 0 aromatic heterocycles. The molecule has 114 valence electrons. The maximum absolute atomic E-state index is 11.9. The number of nitrogens with two attached hydrogens (primary N) is 1. The van der Waals surface area contributed by atoms with Gasteiger partial charge in [-0.3, -0.25) is 0 Å². The third-order valence-electron chi connectivity index (χ3n) is 3.29. The first kappa shape index (κ1) is 17.3. The predicted octanol–water partition coefficient (Wildman–Crippen LogP) is 2.57. The molecule has 4 nitrogen and oxygen atoms in total. The average Bonchev–Trinajstić information content (AvgIpc) is 2.38. The quantitative estimate of drug-likeness (QED) is 0.571. The standard InChI is InChI=1S/C14H24N2O2S2/c1-11(2)12(3)10-16-20(17,18)9-8-19-14-7-5-4-6-13(14)15/h4-7,11-12,16H,8-10,15H2,1-3H3. The zero-order valence-electron chi connectivity index (χ0n) is 12.3. The first-order valence-corrected chi connectivity index (χ1v) is 9.40. The molecule has 0 aliphatic heterocycles. The van der Waals surface area contributed by atoms with Crippen LogP contribution < -0.4 is 10.5 Å². The lowest BCUT2D eigenvalue weighted by molar-refractivity contribution is 0.415. The molecule has 0 saturated heterocycles. The van der Waals surface area contributed by atoms with Crippen LogP contribution in [0.25, 0.3) is 0 Å². The molecule has 0 heterocycles. The predicted molar refractivity (Wildman–Crippen MR) is 87.4 cm³/mol. The van der Waals surface area contributed by atoms with E-state index in [0.717, 1.165) is 4.90 Å². The zero-order valence-corrected chi connectivity index (χ0v) is 13.9. The van der Waals surface area contributed by atoms with E-state index in [4.69, 9.17) is 5.73 Å². The minimum atomic E-state index is -3.20. The Labute approximate surface area is 126 Å². The van der Waals surface area contributed by atoms with E-state index in [9.17, 15) is 8.42 Å². The summed E-state index contributed by atoms with van der Waals surface area (Å²) in [6.45, 7) is 6.73. The van der Waals surface area contributed by atoms with E-state index in [1.165, 1.54) is 11.8 Å². The molecule has 1 aromatic rings. The third-order valence-corrected chi connectivity index (χ3v) is 5.99. The second-order valence-electron chi connectivity index (χ2n) is 5.27. The van der Waals surface area contributed by atoms with Crippen molar-refractivity contribution in [3.63, 3.8) is 0 Å². The molecule has 0 spiro atoms. The Kier molecular flexibility index (Phi) is 6.85. The van der Waals surface area contributed by atoms with Crippen molar-refractivity contribution >= 4 is 27.5 Å². The Balaban J connectivity index is 2.39. The van der Waals surface area contributed by atoms with E-state index in [1.54, 1.807) is 0 Å². The summed E-state index contributed by atoms with van der Waals surface area (Å²) in [5.74, 6) is 1.41. The van der Waals surface area contributed by atoms with Gasteiger partial charge in [-0.1, -0.05) is 32.9 Å². The minimum Gasteiger partial charge on any atom is -0.398 e. The third kappa shape index (κ3) is 6.15. The number of rotatable bonds is 8. The number of nitrogen functional groups attached to an aromatic ring is 1.